The molecule has 22 heavy (non-hydrogen) atoms. The first-order valence-corrected chi connectivity index (χ1v) is 8.56. The minimum absolute atomic E-state index is 0.512. The van der Waals surface area contributed by atoms with E-state index < -0.39 is 0 Å². The van der Waals surface area contributed by atoms with Gasteiger partial charge in [0.25, 0.3) is 0 Å². The molecule has 0 aliphatic heterocycles. The van der Waals surface area contributed by atoms with Gasteiger partial charge in [-0.1, -0.05) is 12.1 Å². The summed E-state index contributed by atoms with van der Waals surface area (Å²) in [6.45, 7) is 0. The van der Waals surface area contributed by atoms with Crippen LogP contribution < -0.4 is 4.74 Å². The number of hydrogen-bond donors (Lipinski definition) is 0. The highest BCUT2D eigenvalue weighted by Gasteiger charge is 2.13. The number of ether oxygens (including phenoxy) is 1. The maximum absolute atomic E-state index is 8.69. The van der Waals surface area contributed by atoms with E-state index in [1.165, 1.54) is 0 Å². The second kappa shape index (κ2) is 6.77. The fourth-order valence-electron chi connectivity index (χ4n) is 2.13. The predicted molar refractivity (Wildman–Crippen MR) is 90.4 cm³/mol. The van der Waals surface area contributed by atoms with E-state index in [-0.39, 0.29) is 0 Å². The molecule has 0 bridgehead atoms. The molecule has 4 nitrogen and oxygen atoms in total. The number of thioether (sulfide) groups is 1. The molecule has 2 heterocycles. The van der Waals surface area contributed by atoms with E-state index in [1.807, 2.05) is 24.3 Å². The van der Waals surface area contributed by atoms with Gasteiger partial charge in [-0.05, 0) is 17.7 Å². The summed E-state index contributed by atoms with van der Waals surface area (Å²) < 4.78 is 5.21. The lowest BCUT2D eigenvalue weighted by Crippen LogP contribution is -1.87. The topological polar surface area (TPSA) is 58.8 Å². The summed E-state index contributed by atoms with van der Waals surface area (Å²) in [7, 11) is 1.66. The summed E-state index contributed by atoms with van der Waals surface area (Å²) >= 11 is 3.22. The molecule has 0 aliphatic carbocycles. The lowest BCUT2D eigenvalue weighted by Gasteiger charge is -2.05. The first-order valence-electron chi connectivity index (χ1n) is 6.70. The Kier molecular flexibility index (Phi) is 4.56. The Morgan fingerprint density at radius 3 is 2.82 bits per heavy atom. The lowest BCUT2D eigenvalue weighted by molar-refractivity contribution is 0.415. The Morgan fingerprint density at radius 2 is 2.09 bits per heavy atom. The van der Waals surface area contributed by atoms with E-state index in [9.17, 15) is 0 Å². The molecular formula is C16H13N3OS2. The van der Waals surface area contributed by atoms with E-state index in [4.69, 9.17) is 10.00 Å². The zero-order valence-electron chi connectivity index (χ0n) is 11.9. The molecule has 0 amide bonds. The zero-order chi connectivity index (χ0) is 15.4. The molecule has 0 unspecified atom stereocenters. The van der Waals surface area contributed by atoms with E-state index in [0.29, 0.717) is 6.42 Å². The summed E-state index contributed by atoms with van der Waals surface area (Å²) in [6.07, 6.45) is 2.10. The number of benzene rings is 1. The van der Waals surface area contributed by atoms with Gasteiger partial charge in [0.15, 0.2) is 0 Å². The summed E-state index contributed by atoms with van der Waals surface area (Å²) in [5.74, 6) is 1.57. The van der Waals surface area contributed by atoms with Crippen LogP contribution in [-0.2, 0) is 0 Å². The molecule has 6 heteroatoms. The fourth-order valence-corrected chi connectivity index (χ4v) is 3.97. The minimum atomic E-state index is 0.512. The molecule has 3 aromatic rings. The summed E-state index contributed by atoms with van der Waals surface area (Å²) in [5, 5.41) is 12.8. The average molecular weight is 327 g/mol. The van der Waals surface area contributed by atoms with Gasteiger partial charge in [0.1, 0.15) is 21.9 Å². The predicted octanol–water partition coefficient (Wildman–Crippen LogP) is 4.37. The van der Waals surface area contributed by atoms with E-state index in [0.717, 1.165) is 37.9 Å². The Hall–Kier alpha value is -2.10. The zero-order valence-corrected chi connectivity index (χ0v) is 13.6. The SMILES string of the molecule is COc1ccc(-c2csc3ncnc(SCCC#N)c23)cc1. The summed E-state index contributed by atoms with van der Waals surface area (Å²) in [4.78, 5) is 9.72. The number of thiophene rings is 1. The number of nitrogens with zero attached hydrogens (tertiary/aromatic N) is 3. The number of methoxy groups -OCH3 is 1. The minimum Gasteiger partial charge on any atom is -0.497 e. The second-order valence-electron chi connectivity index (χ2n) is 4.49. The monoisotopic (exact) mass is 327 g/mol. The highest BCUT2D eigenvalue weighted by atomic mass is 32.2. The first kappa shape index (κ1) is 14.8. The molecule has 0 radical (unpaired) electrons. The normalized spacial score (nSPS) is 10.5. The molecule has 2 aromatic heterocycles. The third-order valence-electron chi connectivity index (χ3n) is 3.19. The fraction of sp³-hybridized carbons (Fsp3) is 0.188. The van der Waals surface area contributed by atoms with Crippen molar-refractivity contribution in [1.29, 1.82) is 5.26 Å². The number of fused-ring (bicyclic) bond motifs is 1. The van der Waals surface area contributed by atoms with Crippen molar-refractivity contribution in [1.82, 2.24) is 9.97 Å². The molecule has 0 N–H and O–H groups in total. The highest BCUT2D eigenvalue weighted by molar-refractivity contribution is 7.99. The Morgan fingerprint density at radius 1 is 1.27 bits per heavy atom. The maximum Gasteiger partial charge on any atom is 0.128 e. The molecular weight excluding hydrogens is 314 g/mol. The van der Waals surface area contributed by atoms with E-state index in [2.05, 4.69) is 21.4 Å². The quantitative estimate of drug-likeness (QED) is 0.395. The summed E-state index contributed by atoms with van der Waals surface area (Å²) in [6, 6.07) is 10.1. The van der Waals surface area contributed by atoms with Crippen LogP contribution in [0.3, 0.4) is 0 Å². The Labute approximate surface area is 136 Å². The van der Waals surface area contributed by atoms with Crippen LogP contribution in [0.15, 0.2) is 41.0 Å². The molecule has 1 aromatic carbocycles. The second-order valence-corrected chi connectivity index (χ2v) is 6.44. The van der Waals surface area contributed by atoms with Gasteiger partial charge in [-0.2, -0.15) is 5.26 Å². The average Bonchev–Trinajstić information content (AvgIpc) is 3.00. The largest absolute Gasteiger partial charge is 0.497 e. The van der Waals surface area contributed by atoms with Crippen LogP contribution in [0.4, 0.5) is 0 Å². The number of hydrogen-bond acceptors (Lipinski definition) is 6. The molecule has 0 aliphatic rings. The van der Waals surface area contributed by atoms with Crippen molar-refractivity contribution in [3.8, 4) is 22.9 Å². The highest BCUT2D eigenvalue weighted by Crippen LogP contribution is 2.38. The molecule has 0 fully saturated rings. The Bertz CT molecular complexity index is 822. The number of aromatic nitrogens is 2. The Balaban J connectivity index is 2.03. The van der Waals surface area contributed by atoms with Crippen molar-refractivity contribution in [2.75, 3.05) is 12.9 Å². The van der Waals surface area contributed by atoms with Crippen LogP contribution in [0.2, 0.25) is 0 Å². The van der Waals surface area contributed by atoms with Crippen molar-refractivity contribution < 1.29 is 4.74 Å². The molecule has 0 saturated heterocycles. The summed E-state index contributed by atoms with van der Waals surface area (Å²) in [5.41, 5.74) is 2.24. The van der Waals surface area contributed by atoms with Gasteiger partial charge in [0.05, 0.1) is 18.6 Å². The van der Waals surface area contributed by atoms with Crippen LogP contribution in [0.5, 0.6) is 5.75 Å². The van der Waals surface area contributed by atoms with Gasteiger partial charge in [-0.15, -0.1) is 23.1 Å². The molecule has 0 spiro atoms. The van der Waals surface area contributed by atoms with E-state index >= 15 is 0 Å². The van der Waals surface area contributed by atoms with Crippen LogP contribution >= 0.6 is 23.1 Å². The van der Waals surface area contributed by atoms with Crippen LogP contribution in [0.25, 0.3) is 21.3 Å². The van der Waals surface area contributed by atoms with Crippen molar-refractivity contribution in [2.24, 2.45) is 0 Å². The first-order chi connectivity index (χ1) is 10.8. The van der Waals surface area contributed by atoms with Crippen molar-refractivity contribution in [3.63, 3.8) is 0 Å². The van der Waals surface area contributed by atoms with Crippen molar-refractivity contribution in [3.05, 3.63) is 36.0 Å². The smallest absolute Gasteiger partial charge is 0.128 e. The molecule has 3 rings (SSSR count). The van der Waals surface area contributed by atoms with Crippen LogP contribution in [0.1, 0.15) is 6.42 Å². The number of rotatable bonds is 5. The molecule has 0 saturated carbocycles. The van der Waals surface area contributed by atoms with Gasteiger partial charge >= 0.3 is 0 Å². The van der Waals surface area contributed by atoms with Gasteiger partial charge < -0.3 is 4.74 Å². The van der Waals surface area contributed by atoms with Crippen LogP contribution in [0, 0.1) is 11.3 Å². The van der Waals surface area contributed by atoms with E-state index in [1.54, 1.807) is 36.5 Å². The van der Waals surface area contributed by atoms with Crippen molar-refractivity contribution >= 4 is 33.3 Å². The van der Waals surface area contributed by atoms with Crippen LogP contribution in [-0.4, -0.2) is 22.8 Å². The standard InChI is InChI=1S/C16H13N3OS2/c1-20-12-5-3-11(4-6-12)13-9-22-16-14(13)15(18-10-19-16)21-8-2-7-17/h3-6,9-10H,2,8H2,1H3. The third-order valence-corrected chi connectivity index (χ3v) is 5.07. The molecule has 0 atom stereocenters. The van der Waals surface area contributed by atoms with Gasteiger partial charge in [0, 0.05) is 23.1 Å². The van der Waals surface area contributed by atoms with Gasteiger partial charge in [-0.3, -0.25) is 0 Å². The van der Waals surface area contributed by atoms with Crippen molar-refractivity contribution in [2.45, 2.75) is 11.4 Å². The number of nitriles is 1. The lowest BCUT2D eigenvalue weighted by atomic mass is 10.1. The third kappa shape index (κ3) is 2.91. The van der Waals surface area contributed by atoms with Gasteiger partial charge in [0.2, 0.25) is 0 Å². The maximum atomic E-state index is 8.69. The molecule has 110 valence electrons. The van der Waals surface area contributed by atoms with Gasteiger partial charge in [-0.25, -0.2) is 9.97 Å².